The highest BCUT2D eigenvalue weighted by Gasteiger charge is 2.43. The zero-order valence-electron chi connectivity index (χ0n) is 17.4. The third-order valence-electron chi connectivity index (χ3n) is 5.04. The molecule has 2 N–H and O–H groups in total. The maximum Gasteiger partial charge on any atom is 0.355 e. The van der Waals surface area contributed by atoms with E-state index in [1.807, 2.05) is 6.07 Å². The molecule has 0 saturated heterocycles. The second-order valence-electron chi connectivity index (χ2n) is 6.70. The lowest BCUT2D eigenvalue weighted by Crippen LogP contribution is -2.41. The van der Waals surface area contributed by atoms with Gasteiger partial charge in [0.25, 0.3) is 0 Å². The highest BCUT2D eigenvalue weighted by atomic mass is 127. The summed E-state index contributed by atoms with van der Waals surface area (Å²) in [6, 6.07) is 15.0. The van der Waals surface area contributed by atoms with Gasteiger partial charge in [0, 0.05) is 0 Å². The first-order valence-electron chi connectivity index (χ1n) is 9.36. The van der Waals surface area contributed by atoms with E-state index >= 15 is 0 Å². The summed E-state index contributed by atoms with van der Waals surface area (Å²) < 4.78 is 24.8. The third kappa shape index (κ3) is 4.01. The summed E-state index contributed by atoms with van der Waals surface area (Å²) in [7, 11) is 2.22. The molecule has 1 aliphatic heterocycles. The van der Waals surface area contributed by atoms with Crippen molar-refractivity contribution in [2.75, 3.05) is 19.1 Å². The Kier molecular flexibility index (Phi) is 6.99. The number of nitrogens with zero attached hydrogens (tertiary/aromatic N) is 3. The standard InChI is InChI=1S/C23H16FIN4O4/c1-32-22(30)18-17(12-6-4-3-5-7-12)14(11-27)21(28)29(20(18)23(31)33-2)16-9-8-15(25)19(24)13(16)10-26/h3-9,17H,28H2,1-2H3. The van der Waals surface area contributed by atoms with Crippen LogP contribution in [0.3, 0.4) is 0 Å². The lowest BCUT2D eigenvalue weighted by atomic mass is 9.80. The van der Waals surface area contributed by atoms with Gasteiger partial charge in [-0.05, 0) is 40.3 Å². The van der Waals surface area contributed by atoms with Crippen LogP contribution in [0, 0.1) is 32.0 Å². The van der Waals surface area contributed by atoms with E-state index < -0.39 is 29.2 Å². The fourth-order valence-electron chi connectivity index (χ4n) is 3.60. The number of nitriles is 2. The molecule has 0 aromatic heterocycles. The second-order valence-corrected chi connectivity index (χ2v) is 7.86. The van der Waals surface area contributed by atoms with Gasteiger partial charge in [0.1, 0.15) is 23.2 Å². The maximum atomic E-state index is 14.8. The van der Waals surface area contributed by atoms with Crippen LogP contribution in [0.2, 0.25) is 0 Å². The molecule has 0 fully saturated rings. The molecule has 0 radical (unpaired) electrons. The van der Waals surface area contributed by atoms with E-state index in [9.17, 15) is 24.5 Å². The van der Waals surface area contributed by atoms with E-state index in [0.717, 1.165) is 19.1 Å². The van der Waals surface area contributed by atoms with Crippen LogP contribution in [-0.4, -0.2) is 26.2 Å². The van der Waals surface area contributed by atoms with Gasteiger partial charge in [0.2, 0.25) is 0 Å². The predicted molar refractivity (Wildman–Crippen MR) is 123 cm³/mol. The summed E-state index contributed by atoms with van der Waals surface area (Å²) in [5.74, 6) is -4.06. The molecule has 2 aromatic carbocycles. The molecule has 3 rings (SSSR count). The van der Waals surface area contributed by atoms with Gasteiger partial charge in [-0.2, -0.15) is 10.5 Å². The fraction of sp³-hybridized carbons (Fsp3) is 0.130. The first-order valence-corrected chi connectivity index (χ1v) is 10.4. The van der Waals surface area contributed by atoms with Gasteiger partial charge >= 0.3 is 11.9 Å². The quantitative estimate of drug-likeness (QED) is 0.448. The molecule has 8 nitrogen and oxygen atoms in total. The van der Waals surface area contributed by atoms with Gasteiger partial charge < -0.3 is 15.2 Å². The molecule has 0 amide bonds. The van der Waals surface area contributed by atoms with Crippen LogP contribution in [0.4, 0.5) is 10.1 Å². The molecule has 166 valence electrons. The molecule has 1 aliphatic rings. The number of nitrogens with two attached hydrogens (primary N) is 1. The summed E-state index contributed by atoms with van der Waals surface area (Å²) in [5, 5.41) is 19.6. The average molecular weight is 558 g/mol. The van der Waals surface area contributed by atoms with Crippen molar-refractivity contribution in [2.24, 2.45) is 5.73 Å². The largest absolute Gasteiger partial charge is 0.466 e. The molecular weight excluding hydrogens is 542 g/mol. The maximum absolute atomic E-state index is 14.8. The Morgan fingerprint density at radius 3 is 2.24 bits per heavy atom. The lowest BCUT2D eigenvalue weighted by molar-refractivity contribution is -0.139. The van der Waals surface area contributed by atoms with Crippen molar-refractivity contribution in [2.45, 2.75) is 5.92 Å². The number of halogens is 2. The first-order chi connectivity index (χ1) is 15.8. The molecule has 33 heavy (non-hydrogen) atoms. The lowest BCUT2D eigenvalue weighted by Gasteiger charge is -2.36. The van der Waals surface area contributed by atoms with Crippen molar-refractivity contribution < 1.29 is 23.5 Å². The number of hydrogen-bond acceptors (Lipinski definition) is 8. The second kappa shape index (κ2) is 9.71. The van der Waals surface area contributed by atoms with Gasteiger partial charge in [-0.15, -0.1) is 0 Å². The minimum Gasteiger partial charge on any atom is -0.466 e. The summed E-state index contributed by atoms with van der Waals surface area (Å²) in [6.07, 6.45) is 0. The normalized spacial score (nSPS) is 15.6. The van der Waals surface area contributed by atoms with Crippen molar-refractivity contribution in [1.82, 2.24) is 0 Å². The van der Waals surface area contributed by atoms with Crippen molar-refractivity contribution in [3.63, 3.8) is 0 Å². The Bertz CT molecular complexity index is 1290. The predicted octanol–water partition coefficient (Wildman–Crippen LogP) is 3.20. The number of hydrogen-bond donors (Lipinski definition) is 1. The molecule has 1 atom stereocenters. The van der Waals surface area contributed by atoms with Crippen LogP contribution in [0.5, 0.6) is 0 Å². The third-order valence-corrected chi connectivity index (χ3v) is 5.87. The van der Waals surface area contributed by atoms with Crippen LogP contribution in [0.15, 0.2) is 65.1 Å². The molecule has 0 saturated carbocycles. The van der Waals surface area contributed by atoms with Crippen LogP contribution in [0.25, 0.3) is 0 Å². The number of carbonyl (C=O) groups is 2. The number of benzene rings is 2. The van der Waals surface area contributed by atoms with Crippen LogP contribution in [0.1, 0.15) is 17.0 Å². The van der Waals surface area contributed by atoms with Gasteiger partial charge in [-0.3, -0.25) is 4.90 Å². The number of ether oxygens (including phenoxy) is 2. The van der Waals surface area contributed by atoms with Crippen molar-refractivity contribution >= 4 is 40.2 Å². The van der Waals surface area contributed by atoms with Gasteiger partial charge in [-0.1, -0.05) is 30.3 Å². The molecule has 0 spiro atoms. The van der Waals surface area contributed by atoms with E-state index in [1.54, 1.807) is 59.0 Å². The topological polar surface area (TPSA) is 129 Å². The van der Waals surface area contributed by atoms with E-state index in [-0.39, 0.29) is 31.9 Å². The number of esters is 2. The number of anilines is 1. The smallest absolute Gasteiger partial charge is 0.355 e. The Morgan fingerprint density at radius 1 is 1.06 bits per heavy atom. The highest BCUT2D eigenvalue weighted by Crippen LogP contribution is 2.44. The van der Waals surface area contributed by atoms with E-state index in [1.165, 1.54) is 12.1 Å². The molecule has 0 bridgehead atoms. The zero-order chi connectivity index (χ0) is 24.3. The Morgan fingerprint density at radius 2 is 1.70 bits per heavy atom. The average Bonchev–Trinajstić information content (AvgIpc) is 2.84. The number of rotatable bonds is 4. The Hall–Kier alpha value is -3.90. The van der Waals surface area contributed by atoms with E-state index in [0.29, 0.717) is 5.56 Å². The van der Waals surface area contributed by atoms with Gasteiger partial charge in [0.15, 0.2) is 5.82 Å². The molecular formula is C23H16FIN4O4. The molecule has 1 heterocycles. The highest BCUT2D eigenvalue weighted by molar-refractivity contribution is 14.1. The molecule has 10 heteroatoms. The summed E-state index contributed by atoms with van der Waals surface area (Å²) >= 11 is 1.72. The number of allylic oxidation sites excluding steroid dienone is 1. The number of carbonyl (C=O) groups excluding carboxylic acids is 2. The van der Waals surface area contributed by atoms with Crippen LogP contribution < -0.4 is 10.6 Å². The molecule has 1 unspecified atom stereocenters. The molecule has 0 aliphatic carbocycles. The summed E-state index contributed by atoms with van der Waals surface area (Å²) in [4.78, 5) is 26.9. The van der Waals surface area contributed by atoms with Gasteiger partial charge in [-0.25, -0.2) is 14.0 Å². The summed E-state index contributed by atoms with van der Waals surface area (Å²) in [5.41, 5.74) is 5.58. The Balaban J connectivity index is 2.49. The SMILES string of the molecule is COC(=O)C1=C(C(=O)OC)N(c2ccc(I)c(F)c2C#N)C(N)=C(C#N)C1c1ccccc1. The van der Waals surface area contributed by atoms with Gasteiger partial charge in [0.05, 0.1) is 46.6 Å². The first kappa shape index (κ1) is 23.8. The van der Waals surface area contributed by atoms with E-state index in [4.69, 9.17) is 15.2 Å². The zero-order valence-corrected chi connectivity index (χ0v) is 19.6. The minimum atomic E-state index is -1.06. The monoisotopic (exact) mass is 558 g/mol. The number of methoxy groups -OCH3 is 2. The fourth-order valence-corrected chi connectivity index (χ4v) is 4.05. The van der Waals surface area contributed by atoms with Crippen LogP contribution >= 0.6 is 22.6 Å². The van der Waals surface area contributed by atoms with Crippen LogP contribution in [-0.2, 0) is 19.1 Å². The van der Waals surface area contributed by atoms with E-state index in [2.05, 4.69) is 0 Å². The van der Waals surface area contributed by atoms with Crippen molar-refractivity contribution in [3.8, 4) is 12.1 Å². The Labute approximate surface area is 202 Å². The van der Waals surface area contributed by atoms with Crippen molar-refractivity contribution in [1.29, 1.82) is 10.5 Å². The summed E-state index contributed by atoms with van der Waals surface area (Å²) in [6.45, 7) is 0. The van der Waals surface area contributed by atoms with Crippen molar-refractivity contribution in [3.05, 3.63) is 85.6 Å². The molecule has 2 aromatic rings. The minimum absolute atomic E-state index is 0.0860.